The van der Waals surface area contributed by atoms with Gasteiger partial charge in [0, 0.05) is 17.7 Å². The summed E-state index contributed by atoms with van der Waals surface area (Å²) in [4.78, 5) is 27.7. The lowest BCUT2D eigenvalue weighted by atomic mass is 10.1. The van der Waals surface area contributed by atoms with E-state index in [1.165, 1.54) is 4.68 Å². The fraction of sp³-hybridized carbons (Fsp3) is 0.160. The molecule has 1 heterocycles. The van der Waals surface area contributed by atoms with Gasteiger partial charge in [-0.15, -0.1) is 5.10 Å². The minimum Gasteiger partial charge on any atom is -0.390 e. The van der Waals surface area contributed by atoms with E-state index >= 15 is 0 Å². The second-order valence-electron chi connectivity index (χ2n) is 8.15. The summed E-state index contributed by atoms with van der Waals surface area (Å²) in [5.74, 6) is 0.0313. The predicted molar refractivity (Wildman–Crippen MR) is 125 cm³/mol. The van der Waals surface area contributed by atoms with Gasteiger partial charge in [-0.2, -0.15) is 4.68 Å². The zero-order valence-corrected chi connectivity index (χ0v) is 17.9. The maximum atomic E-state index is 12.8. The van der Waals surface area contributed by atoms with Crippen LogP contribution in [-0.4, -0.2) is 31.9 Å². The fourth-order valence-corrected chi connectivity index (χ4v) is 4.13. The van der Waals surface area contributed by atoms with E-state index in [4.69, 9.17) is 0 Å². The number of aromatic amines is 1. The molecule has 4 aromatic rings. The molecule has 0 saturated heterocycles. The Labute approximate surface area is 189 Å². The van der Waals surface area contributed by atoms with Crippen molar-refractivity contribution >= 4 is 17.5 Å². The van der Waals surface area contributed by atoms with Crippen molar-refractivity contribution in [3.63, 3.8) is 0 Å². The molecule has 1 aliphatic carbocycles. The lowest BCUT2D eigenvalue weighted by Crippen LogP contribution is -2.33. The Morgan fingerprint density at radius 3 is 2.67 bits per heavy atom. The highest BCUT2D eigenvalue weighted by atomic mass is 16.3. The van der Waals surface area contributed by atoms with Gasteiger partial charge in [-0.05, 0) is 60.0 Å². The van der Waals surface area contributed by atoms with Gasteiger partial charge in [0.25, 0.3) is 5.91 Å². The van der Waals surface area contributed by atoms with Crippen molar-refractivity contribution in [3.05, 3.63) is 106 Å². The molecule has 4 N–H and O–H groups in total. The average molecular weight is 441 g/mol. The number of nitrogens with one attached hydrogen (secondary N) is 3. The number of aliphatic hydroxyl groups excluding tert-OH is 1. The molecule has 3 aromatic carbocycles. The normalized spacial score (nSPS) is 16.9. The molecule has 166 valence electrons. The van der Waals surface area contributed by atoms with Crippen molar-refractivity contribution in [1.82, 2.24) is 20.1 Å². The molecule has 2 atom stereocenters. The number of anilines is 2. The molecule has 0 bridgehead atoms. The van der Waals surface area contributed by atoms with Crippen molar-refractivity contribution in [1.29, 1.82) is 0 Å². The third kappa shape index (κ3) is 4.16. The number of fused-ring (bicyclic) bond motifs is 1. The van der Waals surface area contributed by atoms with Crippen LogP contribution in [0.15, 0.2) is 77.6 Å². The van der Waals surface area contributed by atoms with E-state index < -0.39 is 12.1 Å². The highest BCUT2D eigenvalue weighted by Crippen LogP contribution is 2.31. The first-order valence-electron chi connectivity index (χ1n) is 10.7. The van der Waals surface area contributed by atoms with Crippen molar-refractivity contribution < 1.29 is 9.90 Å². The lowest BCUT2D eigenvalue weighted by molar-refractivity contribution is 0.0858. The van der Waals surface area contributed by atoms with Crippen LogP contribution in [0, 0.1) is 6.92 Å². The Morgan fingerprint density at radius 1 is 1.09 bits per heavy atom. The molecule has 0 aliphatic heterocycles. The smallest absolute Gasteiger partial charge is 0.349 e. The van der Waals surface area contributed by atoms with Crippen LogP contribution in [0.2, 0.25) is 0 Å². The van der Waals surface area contributed by atoms with E-state index in [0.717, 1.165) is 16.7 Å². The van der Waals surface area contributed by atoms with E-state index in [2.05, 4.69) is 20.7 Å². The largest absolute Gasteiger partial charge is 0.390 e. The number of hydrogen-bond donors (Lipinski definition) is 4. The number of benzene rings is 3. The Bertz CT molecular complexity index is 1370. The summed E-state index contributed by atoms with van der Waals surface area (Å²) < 4.78 is 1.29. The number of aromatic nitrogens is 3. The highest BCUT2D eigenvalue weighted by molar-refractivity contribution is 5.95. The number of rotatable bonds is 5. The molecule has 0 saturated carbocycles. The van der Waals surface area contributed by atoms with Crippen LogP contribution in [-0.2, 0) is 6.42 Å². The molecule has 8 nitrogen and oxygen atoms in total. The predicted octanol–water partition coefficient (Wildman–Crippen LogP) is 3.00. The first-order chi connectivity index (χ1) is 16.0. The van der Waals surface area contributed by atoms with Gasteiger partial charge in [-0.25, -0.2) is 4.79 Å². The van der Waals surface area contributed by atoms with E-state index in [0.29, 0.717) is 29.3 Å². The molecular formula is C25H23N5O3. The maximum Gasteiger partial charge on any atom is 0.349 e. The Balaban J connectivity index is 1.28. The second kappa shape index (κ2) is 8.40. The third-order valence-electron chi connectivity index (χ3n) is 5.76. The van der Waals surface area contributed by atoms with Gasteiger partial charge in [0.15, 0.2) is 0 Å². The van der Waals surface area contributed by atoms with E-state index in [-0.39, 0.29) is 11.6 Å². The molecule has 5 rings (SSSR count). The number of carbonyl (C=O) groups excluding carboxylic acids is 1. The van der Waals surface area contributed by atoms with Gasteiger partial charge in [0.1, 0.15) is 0 Å². The second-order valence-corrected chi connectivity index (χ2v) is 8.15. The van der Waals surface area contributed by atoms with Crippen LogP contribution in [0.4, 0.5) is 11.6 Å². The van der Waals surface area contributed by atoms with Crippen molar-refractivity contribution in [2.24, 2.45) is 0 Å². The van der Waals surface area contributed by atoms with Crippen LogP contribution in [0.25, 0.3) is 5.69 Å². The SMILES string of the molecule is Cc1cccc(-n2nc(Nc3ccc(C(=O)NC4c5ccccc5CC4O)cc3)[nH]c2=O)c1. The fourth-order valence-electron chi connectivity index (χ4n) is 4.13. The molecule has 33 heavy (non-hydrogen) atoms. The molecule has 0 fully saturated rings. The topological polar surface area (TPSA) is 112 Å². The molecule has 2 unspecified atom stereocenters. The van der Waals surface area contributed by atoms with E-state index in [1.54, 1.807) is 24.3 Å². The molecule has 8 heteroatoms. The van der Waals surface area contributed by atoms with Crippen LogP contribution >= 0.6 is 0 Å². The van der Waals surface area contributed by atoms with Gasteiger partial charge in [-0.1, -0.05) is 36.4 Å². The number of H-pyrrole nitrogens is 1. The van der Waals surface area contributed by atoms with Gasteiger partial charge >= 0.3 is 5.69 Å². The third-order valence-corrected chi connectivity index (χ3v) is 5.76. The number of nitrogens with zero attached hydrogens (tertiary/aromatic N) is 2. The Morgan fingerprint density at radius 2 is 1.88 bits per heavy atom. The Hall–Kier alpha value is -4.17. The van der Waals surface area contributed by atoms with Crippen molar-refractivity contribution in [3.8, 4) is 5.69 Å². The van der Waals surface area contributed by atoms with Gasteiger partial charge in [0.2, 0.25) is 5.95 Å². The molecule has 1 amide bonds. The summed E-state index contributed by atoms with van der Waals surface area (Å²) in [5, 5.41) is 20.7. The van der Waals surface area contributed by atoms with Gasteiger partial charge in [0.05, 0.1) is 17.8 Å². The minimum absolute atomic E-state index is 0.264. The highest BCUT2D eigenvalue weighted by Gasteiger charge is 2.32. The van der Waals surface area contributed by atoms with Crippen LogP contribution < -0.4 is 16.3 Å². The quantitative estimate of drug-likeness (QED) is 0.380. The maximum absolute atomic E-state index is 12.8. The average Bonchev–Trinajstić information content (AvgIpc) is 3.33. The lowest BCUT2D eigenvalue weighted by Gasteiger charge is -2.18. The molecule has 1 aromatic heterocycles. The van der Waals surface area contributed by atoms with Crippen molar-refractivity contribution in [2.45, 2.75) is 25.5 Å². The zero-order chi connectivity index (χ0) is 22.9. The van der Waals surface area contributed by atoms with E-state index in [1.807, 2.05) is 55.5 Å². The molecule has 0 radical (unpaired) electrons. The summed E-state index contributed by atoms with van der Waals surface area (Å²) in [5.41, 5.74) is 4.48. The van der Waals surface area contributed by atoms with Crippen LogP contribution in [0.1, 0.15) is 33.1 Å². The minimum atomic E-state index is -0.646. The molecule has 0 spiro atoms. The number of aryl methyl sites for hydroxylation is 1. The van der Waals surface area contributed by atoms with Crippen LogP contribution in [0.3, 0.4) is 0 Å². The summed E-state index contributed by atoms with van der Waals surface area (Å²) in [6, 6.07) is 21.6. The number of carbonyl (C=O) groups is 1. The summed E-state index contributed by atoms with van der Waals surface area (Å²) in [6.45, 7) is 1.95. The van der Waals surface area contributed by atoms with E-state index in [9.17, 15) is 14.7 Å². The molecule has 1 aliphatic rings. The van der Waals surface area contributed by atoms with Crippen LogP contribution in [0.5, 0.6) is 0 Å². The number of aliphatic hydroxyl groups is 1. The zero-order valence-electron chi connectivity index (χ0n) is 17.9. The summed E-state index contributed by atoms with van der Waals surface area (Å²) >= 11 is 0. The first kappa shape index (κ1) is 20.7. The van der Waals surface area contributed by atoms with Gasteiger partial charge < -0.3 is 15.7 Å². The monoisotopic (exact) mass is 441 g/mol. The molecular weight excluding hydrogens is 418 g/mol. The first-order valence-corrected chi connectivity index (χ1v) is 10.7. The number of amides is 1. The Kier molecular flexibility index (Phi) is 5.27. The summed E-state index contributed by atoms with van der Waals surface area (Å²) in [6.07, 6.45) is -0.121. The standard InChI is InChI=1S/C25H23N5O3/c1-15-5-4-7-19(13-15)30-25(33)28-24(29-30)26-18-11-9-16(10-12-18)23(32)27-22-20-8-3-2-6-17(20)14-21(22)31/h2-13,21-22,31H,14H2,1H3,(H,27,32)(H2,26,28,29,33). The number of hydrogen-bond acceptors (Lipinski definition) is 5. The van der Waals surface area contributed by atoms with Crippen molar-refractivity contribution in [2.75, 3.05) is 5.32 Å². The summed E-state index contributed by atoms with van der Waals surface area (Å²) in [7, 11) is 0. The van der Waals surface area contributed by atoms with Gasteiger partial charge in [-0.3, -0.25) is 9.78 Å².